The van der Waals surface area contributed by atoms with Gasteiger partial charge in [0.15, 0.2) is 0 Å². The van der Waals surface area contributed by atoms with Gasteiger partial charge in [-0.05, 0) is 19.3 Å². The van der Waals surface area contributed by atoms with Gasteiger partial charge in [-0.2, -0.15) is 0 Å². The van der Waals surface area contributed by atoms with Gasteiger partial charge in [-0.15, -0.1) is 0 Å². The van der Waals surface area contributed by atoms with Gasteiger partial charge < -0.3 is 10.0 Å². The van der Waals surface area contributed by atoms with E-state index >= 15 is 0 Å². The van der Waals surface area contributed by atoms with Crippen molar-refractivity contribution in [2.75, 3.05) is 6.54 Å². The third-order valence-corrected chi connectivity index (χ3v) is 3.44. The van der Waals surface area contributed by atoms with Crippen molar-refractivity contribution in [3.8, 4) is 0 Å². The van der Waals surface area contributed by atoms with Crippen molar-refractivity contribution in [1.29, 1.82) is 0 Å². The molecule has 0 radical (unpaired) electrons. The van der Waals surface area contributed by atoms with E-state index in [-0.39, 0.29) is 18.4 Å². The molecule has 0 bridgehead atoms. The number of amides is 1. The number of hydrogen-bond acceptors (Lipinski definition) is 2. The molecule has 1 rings (SSSR count). The number of rotatable bonds is 6. The predicted octanol–water partition coefficient (Wildman–Crippen LogP) is 2.13. The molecule has 0 aromatic carbocycles. The molecular formula is C13H23NO3. The van der Waals surface area contributed by atoms with Crippen LogP contribution in [-0.4, -0.2) is 34.5 Å². The Balaban J connectivity index is 2.39. The molecule has 1 fully saturated rings. The second kappa shape index (κ2) is 6.03. The van der Waals surface area contributed by atoms with Gasteiger partial charge in [0.25, 0.3) is 0 Å². The van der Waals surface area contributed by atoms with Gasteiger partial charge in [0.2, 0.25) is 5.91 Å². The molecule has 1 aliphatic rings. The summed E-state index contributed by atoms with van der Waals surface area (Å²) in [5.74, 6) is -0.678. The first-order chi connectivity index (χ1) is 7.91. The lowest BCUT2D eigenvalue weighted by atomic mass is 10.0. The Morgan fingerprint density at radius 2 is 2.06 bits per heavy atom. The molecule has 1 heterocycles. The van der Waals surface area contributed by atoms with Gasteiger partial charge in [-0.3, -0.25) is 9.59 Å². The average Bonchev–Trinajstić information content (AvgIpc) is 2.59. The van der Waals surface area contributed by atoms with Crippen LogP contribution in [0.5, 0.6) is 0 Å². The number of likely N-dealkylation sites (tertiary alicyclic amines) is 1. The van der Waals surface area contributed by atoms with E-state index in [9.17, 15) is 9.59 Å². The highest BCUT2D eigenvalue weighted by atomic mass is 16.4. The highest BCUT2D eigenvalue weighted by Gasteiger charge is 2.36. The number of carbonyl (C=O) groups is 2. The summed E-state index contributed by atoms with van der Waals surface area (Å²) in [5, 5.41) is 8.90. The van der Waals surface area contributed by atoms with Crippen LogP contribution in [0.4, 0.5) is 0 Å². The fourth-order valence-electron chi connectivity index (χ4n) is 2.30. The van der Waals surface area contributed by atoms with Crippen molar-refractivity contribution in [2.45, 2.75) is 52.5 Å². The number of carboxylic acid groups (broad SMARTS) is 1. The Hall–Kier alpha value is -1.06. The van der Waals surface area contributed by atoms with Gasteiger partial charge in [0, 0.05) is 19.0 Å². The first-order valence-corrected chi connectivity index (χ1v) is 6.44. The molecule has 0 unspecified atom stereocenters. The number of hydrogen-bond donors (Lipinski definition) is 1. The normalized spacial score (nSPS) is 22.2. The number of carbonyl (C=O) groups excluding carboxylic acids is 1. The summed E-state index contributed by atoms with van der Waals surface area (Å²) in [6.07, 6.45) is 3.40. The van der Waals surface area contributed by atoms with E-state index in [1.807, 2.05) is 6.92 Å². The Morgan fingerprint density at radius 3 is 2.53 bits per heavy atom. The molecule has 2 atom stereocenters. The van der Waals surface area contributed by atoms with Crippen LogP contribution < -0.4 is 0 Å². The zero-order valence-corrected chi connectivity index (χ0v) is 11.0. The number of aliphatic carboxylic acids is 1. The molecule has 1 aliphatic heterocycles. The summed E-state index contributed by atoms with van der Waals surface area (Å²) >= 11 is 0. The van der Waals surface area contributed by atoms with Crippen LogP contribution in [0.3, 0.4) is 0 Å². The summed E-state index contributed by atoms with van der Waals surface area (Å²) in [5.41, 5.74) is 0. The fraction of sp³-hybridized carbons (Fsp3) is 0.846. The predicted molar refractivity (Wildman–Crippen MR) is 65.6 cm³/mol. The average molecular weight is 241 g/mol. The van der Waals surface area contributed by atoms with Crippen LogP contribution in [0.15, 0.2) is 0 Å². The fourth-order valence-corrected chi connectivity index (χ4v) is 2.30. The molecule has 98 valence electrons. The van der Waals surface area contributed by atoms with Gasteiger partial charge in [0.1, 0.15) is 0 Å². The molecule has 0 aromatic rings. The SMILES string of the molecule is CC(C)CCC[C@H](C)N1C[C@H](C(=O)O)CC1=O. The van der Waals surface area contributed by atoms with E-state index in [1.165, 1.54) is 0 Å². The maximum absolute atomic E-state index is 11.7. The van der Waals surface area contributed by atoms with Crippen molar-refractivity contribution < 1.29 is 14.7 Å². The zero-order chi connectivity index (χ0) is 13.0. The maximum Gasteiger partial charge on any atom is 0.308 e. The minimum atomic E-state index is -0.852. The zero-order valence-electron chi connectivity index (χ0n) is 11.0. The monoisotopic (exact) mass is 241 g/mol. The first-order valence-electron chi connectivity index (χ1n) is 6.44. The summed E-state index contributed by atoms with van der Waals surface area (Å²) in [4.78, 5) is 24.3. The second-order valence-electron chi connectivity index (χ2n) is 5.46. The summed E-state index contributed by atoms with van der Waals surface area (Å²) in [6.45, 7) is 6.78. The Labute approximate surface area is 103 Å². The lowest BCUT2D eigenvalue weighted by Gasteiger charge is -2.24. The highest BCUT2D eigenvalue weighted by molar-refractivity contribution is 5.86. The molecule has 0 spiro atoms. The highest BCUT2D eigenvalue weighted by Crippen LogP contribution is 2.23. The maximum atomic E-state index is 11.7. The summed E-state index contributed by atoms with van der Waals surface area (Å²) in [7, 11) is 0. The topological polar surface area (TPSA) is 57.6 Å². The largest absolute Gasteiger partial charge is 0.481 e. The third-order valence-electron chi connectivity index (χ3n) is 3.44. The van der Waals surface area contributed by atoms with E-state index in [1.54, 1.807) is 4.90 Å². The number of carboxylic acids is 1. The standard InChI is InChI=1S/C13H23NO3/c1-9(2)5-4-6-10(3)14-8-11(13(16)17)7-12(14)15/h9-11H,4-8H2,1-3H3,(H,16,17)/t10-,11+/m0/s1. The molecule has 1 N–H and O–H groups in total. The van der Waals surface area contributed by atoms with E-state index in [0.29, 0.717) is 12.5 Å². The molecular weight excluding hydrogens is 218 g/mol. The van der Waals surface area contributed by atoms with E-state index in [2.05, 4.69) is 13.8 Å². The van der Waals surface area contributed by atoms with Crippen LogP contribution in [-0.2, 0) is 9.59 Å². The second-order valence-corrected chi connectivity index (χ2v) is 5.46. The van der Waals surface area contributed by atoms with Crippen molar-refractivity contribution in [3.63, 3.8) is 0 Å². The molecule has 4 nitrogen and oxygen atoms in total. The van der Waals surface area contributed by atoms with Crippen LogP contribution in [0.25, 0.3) is 0 Å². The lowest BCUT2D eigenvalue weighted by molar-refractivity contribution is -0.141. The minimum absolute atomic E-state index is 0.00514. The van der Waals surface area contributed by atoms with Crippen LogP contribution in [0.1, 0.15) is 46.5 Å². The van der Waals surface area contributed by atoms with Crippen LogP contribution in [0, 0.1) is 11.8 Å². The third kappa shape index (κ3) is 4.02. The van der Waals surface area contributed by atoms with Crippen molar-refractivity contribution in [2.24, 2.45) is 11.8 Å². The van der Waals surface area contributed by atoms with Gasteiger partial charge in [-0.1, -0.05) is 26.7 Å². The molecule has 17 heavy (non-hydrogen) atoms. The molecule has 1 amide bonds. The van der Waals surface area contributed by atoms with E-state index in [4.69, 9.17) is 5.11 Å². The lowest BCUT2D eigenvalue weighted by Crippen LogP contribution is -2.35. The van der Waals surface area contributed by atoms with Crippen LogP contribution in [0.2, 0.25) is 0 Å². The van der Waals surface area contributed by atoms with Gasteiger partial charge in [0.05, 0.1) is 5.92 Å². The molecule has 4 heteroatoms. The Morgan fingerprint density at radius 1 is 1.41 bits per heavy atom. The van der Waals surface area contributed by atoms with Crippen molar-refractivity contribution in [1.82, 2.24) is 4.90 Å². The quantitative estimate of drug-likeness (QED) is 0.775. The molecule has 0 saturated carbocycles. The minimum Gasteiger partial charge on any atom is -0.481 e. The van der Waals surface area contributed by atoms with Gasteiger partial charge in [-0.25, -0.2) is 0 Å². The molecule has 0 aromatic heterocycles. The summed E-state index contributed by atoms with van der Waals surface area (Å²) < 4.78 is 0. The summed E-state index contributed by atoms with van der Waals surface area (Å²) in [6, 6.07) is 0.172. The van der Waals surface area contributed by atoms with E-state index in [0.717, 1.165) is 19.3 Å². The molecule has 0 aliphatic carbocycles. The first kappa shape index (κ1) is 14.0. The van der Waals surface area contributed by atoms with Crippen molar-refractivity contribution in [3.05, 3.63) is 0 Å². The van der Waals surface area contributed by atoms with Gasteiger partial charge >= 0.3 is 5.97 Å². The van der Waals surface area contributed by atoms with Crippen molar-refractivity contribution >= 4 is 11.9 Å². The Bertz CT molecular complexity index is 288. The Kier molecular flexibility index (Phi) is 4.97. The van der Waals surface area contributed by atoms with E-state index < -0.39 is 11.9 Å². The smallest absolute Gasteiger partial charge is 0.308 e. The van der Waals surface area contributed by atoms with Crippen LogP contribution >= 0.6 is 0 Å². The molecule has 1 saturated heterocycles. The number of nitrogens with zero attached hydrogens (tertiary/aromatic N) is 1.